The van der Waals surface area contributed by atoms with Crippen LogP contribution in [0.1, 0.15) is 0 Å². The van der Waals surface area contributed by atoms with Crippen molar-refractivity contribution >= 4 is 32.5 Å². The van der Waals surface area contributed by atoms with Crippen LogP contribution in [0.5, 0.6) is 0 Å². The summed E-state index contributed by atoms with van der Waals surface area (Å²) in [4.78, 5) is 11.7. The Morgan fingerprint density at radius 2 is 2.00 bits per heavy atom. The second-order valence-corrected chi connectivity index (χ2v) is 5.61. The second kappa shape index (κ2) is 3.83. The SMILES string of the molecule is Cn1cc(Cl)c(=O)c2ccc(S(N)(=O)=O)cc21. The zero-order chi connectivity index (χ0) is 12.8. The molecule has 7 heteroatoms. The number of sulfonamides is 1. The van der Waals surface area contributed by atoms with Crippen LogP contribution in [-0.4, -0.2) is 13.0 Å². The first-order valence-corrected chi connectivity index (χ1v) is 6.55. The first-order chi connectivity index (χ1) is 7.80. The zero-order valence-corrected chi connectivity index (χ0v) is 10.4. The fraction of sp³-hybridized carbons (Fsp3) is 0.100. The molecule has 0 saturated carbocycles. The molecule has 0 atom stereocenters. The van der Waals surface area contributed by atoms with Gasteiger partial charge in [0.1, 0.15) is 5.02 Å². The molecule has 0 fully saturated rings. The largest absolute Gasteiger partial charge is 0.349 e. The lowest BCUT2D eigenvalue weighted by atomic mass is 10.2. The van der Waals surface area contributed by atoms with E-state index in [4.69, 9.17) is 16.7 Å². The van der Waals surface area contributed by atoms with E-state index in [0.29, 0.717) is 10.9 Å². The van der Waals surface area contributed by atoms with E-state index in [2.05, 4.69) is 0 Å². The van der Waals surface area contributed by atoms with Crippen LogP contribution in [0.25, 0.3) is 10.9 Å². The lowest BCUT2D eigenvalue weighted by Gasteiger charge is -2.07. The van der Waals surface area contributed by atoms with Crippen molar-refractivity contribution in [2.45, 2.75) is 4.90 Å². The van der Waals surface area contributed by atoms with E-state index < -0.39 is 10.0 Å². The van der Waals surface area contributed by atoms with Gasteiger partial charge >= 0.3 is 0 Å². The normalized spacial score (nSPS) is 11.9. The highest BCUT2D eigenvalue weighted by atomic mass is 35.5. The quantitative estimate of drug-likeness (QED) is 0.835. The van der Waals surface area contributed by atoms with E-state index in [0.717, 1.165) is 0 Å². The van der Waals surface area contributed by atoms with Gasteiger partial charge in [-0.1, -0.05) is 11.6 Å². The number of aromatic nitrogens is 1. The predicted molar refractivity (Wildman–Crippen MR) is 65.6 cm³/mol. The summed E-state index contributed by atoms with van der Waals surface area (Å²) in [6.45, 7) is 0. The van der Waals surface area contributed by atoms with Crippen LogP contribution in [0.15, 0.2) is 34.1 Å². The Hall–Kier alpha value is -1.37. The van der Waals surface area contributed by atoms with Crippen LogP contribution in [0.2, 0.25) is 5.02 Å². The Labute approximate surface area is 102 Å². The maximum absolute atomic E-state index is 11.7. The van der Waals surface area contributed by atoms with Gasteiger partial charge in [0.05, 0.1) is 10.4 Å². The van der Waals surface area contributed by atoms with E-state index in [1.54, 1.807) is 11.6 Å². The highest BCUT2D eigenvalue weighted by Gasteiger charge is 2.11. The van der Waals surface area contributed by atoms with Crippen molar-refractivity contribution in [3.63, 3.8) is 0 Å². The molecule has 5 nitrogen and oxygen atoms in total. The van der Waals surface area contributed by atoms with Crippen molar-refractivity contribution in [2.24, 2.45) is 12.2 Å². The summed E-state index contributed by atoms with van der Waals surface area (Å²) in [6, 6.07) is 4.04. The first kappa shape index (κ1) is 12.1. The zero-order valence-electron chi connectivity index (χ0n) is 8.84. The molecule has 2 N–H and O–H groups in total. The van der Waals surface area contributed by atoms with Crippen molar-refractivity contribution in [3.05, 3.63) is 39.6 Å². The number of fused-ring (bicyclic) bond motifs is 1. The van der Waals surface area contributed by atoms with Crippen LogP contribution in [0.4, 0.5) is 0 Å². The number of aryl methyl sites for hydroxylation is 1. The Bertz CT molecular complexity index is 765. The number of pyridine rings is 1. The van der Waals surface area contributed by atoms with Gasteiger partial charge in [0.15, 0.2) is 0 Å². The number of nitrogens with two attached hydrogens (primary N) is 1. The molecule has 2 rings (SSSR count). The number of nitrogens with zero attached hydrogens (tertiary/aromatic N) is 1. The van der Waals surface area contributed by atoms with Crippen LogP contribution < -0.4 is 10.6 Å². The molecule has 90 valence electrons. The summed E-state index contributed by atoms with van der Waals surface area (Å²) in [5.74, 6) is 0. The number of hydrogen-bond acceptors (Lipinski definition) is 3. The maximum Gasteiger partial charge on any atom is 0.238 e. The van der Waals surface area contributed by atoms with E-state index in [9.17, 15) is 13.2 Å². The number of primary sulfonamides is 1. The molecular weight excluding hydrogens is 264 g/mol. The smallest absolute Gasteiger partial charge is 0.238 e. The third-order valence-electron chi connectivity index (χ3n) is 2.45. The highest BCUT2D eigenvalue weighted by molar-refractivity contribution is 7.89. The number of halogens is 1. The third-order valence-corrected chi connectivity index (χ3v) is 3.63. The molecule has 0 spiro atoms. The van der Waals surface area contributed by atoms with Crippen molar-refractivity contribution in [1.29, 1.82) is 0 Å². The summed E-state index contributed by atoms with van der Waals surface area (Å²) in [6.07, 6.45) is 1.43. The molecule has 17 heavy (non-hydrogen) atoms. The molecule has 1 heterocycles. The summed E-state index contributed by atoms with van der Waals surface area (Å²) < 4.78 is 24.0. The van der Waals surface area contributed by atoms with Crippen LogP contribution in [0, 0.1) is 0 Å². The van der Waals surface area contributed by atoms with Crippen molar-refractivity contribution in [3.8, 4) is 0 Å². The summed E-state index contributed by atoms with van der Waals surface area (Å²) in [5, 5.41) is 5.47. The van der Waals surface area contributed by atoms with Crippen molar-refractivity contribution in [1.82, 2.24) is 4.57 Å². The molecule has 0 saturated heterocycles. The van der Waals surface area contributed by atoms with Gasteiger partial charge in [0, 0.05) is 18.6 Å². The molecule has 0 bridgehead atoms. The fourth-order valence-electron chi connectivity index (χ4n) is 1.60. The molecule has 0 aliphatic carbocycles. The Morgan fingerprint density at radius 3 is 2.59 bits per heavy atom. The molecule has 1 aromatic carbocycles. The average molecular weight is 273 g/mol. The van der Waals surface area contributed by atoms with E-state index in [1.165, 1.54) is 24.4 Å². The summed E-state index contributed by atoms with van der Waals surface area (Å²) >= 11 is 5.75. The molecule has 1 aromatic heterocycles. The molecular formula is C10H9ClN2O3S. The van der Waals surface area contributed by atoms with Gasteiger partial charge in [-0.05, 0) is 18.2 Å². The monoisotopic (exact) mass is 272 g/mol. The lowest BCUT2D eigenvalue weighted by molar-refractivity contribution is 0.598. The lowest BCUT2D eigenvalue weighted by Crippen LogP contribution is -2.14. The topological polar surface area (TPSA) is 82.2 Å². The van der Waals surface area contributed by atoms with Crippen LogP contribution in [-0.2, 0) is 17.1 Å². The molecule has 0 amide bonds. The van der Waals surface area contributed by atoms with Gasteiger partial charge < -0.3 is 4.57 Å². The Kier molecular flexibility index (Phi) is 2.73. The molecule has 0 unspecified atom stereocenters. The Morgan fingerprint density at radius 1 is 1.35 bits per heavy atom. The molecule has 2 aromatic rings. The van der Waals surface area contributed by atoms with Gasteiger partial charge in [-0.15, -0.1) is 0 Å². The van der Waals surface area contributed by atoms with E-state index in [-0.39, 0.29) is 15.3 Å². The molecule has 0 radical (unpaired) electrons. The minimum absolute atomic E-state index is 0.0395. The highest BCUT2D eigenvalue weighted by Crippen LogP contribution is 2.17. The average Bonchev–Trinajstić information content (AvgIpc) is 2.24. The van der Waals surface area contributed by atoms with Crippen molar-refractivity contribution < 1.29 is 8.42 Å². The minimum Gasteiger partial charge on any atom is -0.349 e. The van der Waals surface area contributed by atoms with E-state index in [1.807, 2.05) is 0 Å². The first-order valence-electron chi connectivity index (χ1n) is 4.62. The number of benzene rings is 1. The second-order valence-electron chi connectivity index (χ2n) is 3.64. The van der Waals surface area contributed by atoms with Gasteiger partial charge in [-0.3, -0.25) is 4.79 Å². The van der Waals surface area contributed by atoms with Crippen LogP contribution >= 0.6 is 11.6 Å². The number of rotatable bonds is 1. The van der Waals surface area contributed by atoms with Crippen LogP contribution in [0.3, 0.4) is 0 Å². The minimum atomic E-state index is -3.78. The maximum atomic E-state index is 11.7. The summed E-state index contributed by atoms with van der Waals surface area (Å²) in [5.41, 5.74) is 0.131. The molecule has 0 aliphatic heterocycles. The fourth-order valence-corrected chi connectivity index (χ4v) is 2.38. The molecule has 0 aliphatic rings. The van der Waals surface area contributed by atoms with E-state index >= 15 is 0 Å². The van der Waals surface area contributed by atoms with Gasteiger partial charge in [-0.25, -0.2) is 13.6 Å². The number of hydrogen-bond donors (Lipinski definition) is 1. The van der Waals surface area contributed by atoms with Gasteiger partial charge in [0.25, 0.3) is 0 Å². The van der Waals surface area contributed by atoms with Gasteiger partial charge in [-0.2, -0.15) is 0 Å². The van der Waals surface area contributed by atoms with Crippen molar-refractivity contribution in [2.75, 3.05) is 0 Å². The predicted octanol–water partition coefficient (Wildman–Crippen LogP) is 0.839. The standard InChI is InChI=1S/C10H9ClN2O3S/c1-13-5-8(11)10(14)7-3-2-6(4-9(7)13)17(12,15)16/h2-5H,1H3,(H2,12,15,16). The summed E-state index contributed by atoms with van der Waals surface area (Å²) in [7, 11) is -2.12. The third kappa shape index (κ3) is 2.06. The van der Waals surface area contributed by atoms with Gasteiger partial charge in [0.2, 0.25) is 15.5 Å². The Balaban J connectivity index is 2.94.